The Labute approximate surface area is 169 Å². The molecule has 0 spiro atoms. The van der Waals surface area contributed by atoms with Crippen LogP contribution in [0.2, 0.25) is 0 Å². The second-order valence-corrected chi connectivity index (χ2v) is 6.75. The molecule has 0 aliphatic carbocycles. The molecule has 1 fully saturated rings. The minimum atomic E-state index is 0. The number of ether oxygens (including phenoxy) is 1. The van der Waals surface area contributed by atoms with Gasteiger partial charge in [0.25, 0.3) is 0 Å². The van der Waals surface area contributed by atoms with Crippen molar-refractivity contribution >= 4 is 29.9 Å². The molecule has 1 aromatic rings. The van der Waals surface area contributed by atoms with E-state index in [1.165, 1.54) is 31.5 Å². The number of nitrogens with one attached hydrogen (secondary N) is 2. The highest BCUT2D eigenvalue weighted by atomic mass is 127. The van der Waals surface area contributed by atoms with Crippen molar-refractivity contribution in [1.29, 1.82) is 0 Å². The van der Waals surface area contributed by atoms with Crippen molar-refractivity contribution in [2.24, 2.45) is 10.9 Å². The molecular weight excluding hydrogens is 427 g/mol. The average Bonchev–Trinajstić information content (AvgIpc) is 2.62. The number of benzene rings is 1. The summed E-state index contributed by atoms with van der Waals surface area (Å²) < 4.78 is 5.18. The van der Waals surface area contributed by atoms with Gasteiger partial charge in [0, 0.05) is 32.7 Å². The summed E-state index contributed by atoms with van der Waals surface area (Å²) in [5.41, 5.74) is 1.21. The summed E-state index contributed by atoms with van der Waals surface area (Å²) in [7, 11) is 3.50. The Hall–Kier alpha value is -1.02. The van der Waals surface area contributed by atoms with Gasteiger partial charge in [0.15, 0.2) is 5.96 Å². The maximum absolute atomic E-state index is 5.18. The van der Waals surface area contributed by atoms with Crippen LogP contribution in [0, 0.1) is 5.92 Å². The quantitative estimate of drug-likeness (QED) is 0.389. The molecule has 2 rings (SSSR count). The summed E-state index contributed by atoms with van der Waals surface area (Å²) in [4.78, 5) is 6.90. The van der Waals surface area contributed by atoms with Gasteiger partial charge in [-0.05, 0) is 49.9 Å². The van der Waals surface area contributed by atoms with Gasteiger partial charge in [0.2, 0.25) is 0 Å². The van der Waals surface area contributed by atoms with E-state index in [0.717, 1.165) is 30.7 Å². The topological polar surface area (TPSA) is 48.9 Å². The number of likely N-dealkylation sites (tertiary alicyclic amines) is 1. The summed E-state index contributed by atoms with van der Waals surface area (Å²) in [6.45, 7) is 8.73. The van der Waals surface area contributed by atoms with Crippen molar-refractivity contribution in [2.45, 2.75) is 39.3 Å². The fraction of sp³-hybridized carbons (Fsp3) is 0.632. The number of halogens is 1. The Morgan fingerprint density at radius 2 is 2.04 bits per heavy atom. The number of rotatable bonds is 6. The summed E-state index contributed by atoms with van der Waals surface area (Å²) >= 11 is 0. The largest absolute Gasteiger partial charge is 0.497 e. The van der Waals surface area contributed by atoms with E-state index in [9.17, 15) is 0 Å². The molecule has 2 atom stereocenters. The molecule has 2 N–H and O–H groups in total. The van der Waals surface area contributed by atoms with Gasteiger partial charge < -0.3 is 15.4 Å². The van der Waals surface area contributed by atoms with Gasteiger partial charge in [-0.1, -0.05) is 19.1 Å². The molecule has 1 heterocycles. The highest BCUT2D eigenvalue weighted by molar-refractivity contribution is 14.0. The van der Waals surface area contributed by atoms with Crippen molar-refractivity contribution in [3.8, 4) is 5.75 Å². The van der Waals surface area contributed by atoms with E-state index >= 15 is 0 Å². The summed E-state index contributed by atoms with van der Waals surface area (Å²) in [5.74, 6) is 2.54. The first-order valence-corrected chi connectivity index (χ1v) is 8.94. The van der Waals surface area contributed by atoms with E-state index in [4.69, 9.17) is 4.74 Å². The van der Waals surface area contributed by atoms with Crippen LogP contribution in [0.4, 0.5) is 0 Å². The lowest BCUT2D eigenvalue weighted by Crippen LogP contribution is -2.48. The molecule has 25 heavy (non-hydrogen) atoms. The van der Waals surface area contributed by atoms with Gasteiger partial charge in [-0.3, -0.25) is 9.89 Å². The monoisotopic (exact) mass is 460 g/mol. The van der Waals surface area contributed by atoms with Crippen molar-refractivity contribution < 1.29 is 4.74 Å². The number of guanidine groups is 1. The normalized spacial score (nSPS) is 19.7. The molecule has 0 amide bonds. The first-order valence-electron chi connectivity index (χ1n) is 8.94. The maximum Gasteiger partial charge on any atom is 0.191 e. The fourth-order valence-electron chi connectivity index (χ4n) is 3.15. The average molecular weight is 460 g/mol. The zero-order valence-corrected chi connectivity index (χ0v) is 18.2. The Morgan fingerprint density at radius 3 is 2.64 bits per heavy atom. The number of methoxy groups -OCH3 is 1. The Bertz CT molecular complexity index is 521. The summed E-state index contributed by atoms with van der Waals surface area (Å²) in [6, 6.07) is 8.61. The lowest BCUT2D eigenvalue weighted by atomic mass is 9.99. The van der Waals surface area contributed by atoms with Gasteiger partial charge in [0.05, 0.1) is 7.11 Å². The third-order valence-corrected chi connectivity index (χ3v) is 4.72. The van der Waals surface area contributed by atoms with Crippen LogP contribution in [-0.4, -0.2) is 50.7 Å². The summed E-state index contributed by atoms with van der Waals surface area (Å²) in [5, 5.41) is 6.82. The molecule has 0 aromatic heterocycles. The van der Waals surface area contributed by atoms with E-state index in [1.54, 1.807) is 7.11 Å². The molecule has 0 saturated carbocycles. The molecule has 142 valence electrons. The van der Waals surface area contributed by atoms with E-state index in [0.29, 0.717) is 6.04 Å². The standard InChI is InChI=1S/C19H32N4O.HI/c1-15-6-5-11-23(14-15)16(2)12-21-19(20-3)22-13-17-7-9-18(24-4)10-8-17;/h7-10,15-16H,5-6,11-14H2,1-4H3,(H2,20,21,22);1H. The molecule has 1 aliphatic heterocycles. The van der Waals surface area contributed by atoms with E-state index in [2.05, 4.69) is 46.5 Å². The molecule has 1 aromatic carbocycles. The molecular formula is C19H33IN4O. The van der Waals surface area contributed by atoms with Gasteiger partial charge in [-0.2, -0.15) is 0 Å². The van der Waals surface area contributed by atoms with Crippen LogP contribution in [0.25, 0.3) is 0 Å². The van der Waals surface area contributed by atoms with Crippen LogP contribution in [0.15, 0.2) is 29.3 Å². The number of nitrogens with zero attached hydrogens (tertiary/aromatic N) is 2. The van der Waals surface area contributed by atoms with Crippen molar-refractivity contribution in [3.05, 3.63) is 29.8 Å². The number of piperidine rings is 1. The minimum absolute atomic E-state index is 0. The third kappa shape index (κ3) is 7.40. The number of hydrogen-bond acceptors (Lipinski definition) is 3. The molecule has 1 saturated heterocycles. The van der Waals surface area contributed by atoms with Crippen molar-refractivity contribution in [1.82, 2.24) is 15.5 Å². The lowest BCUT2D eigenvalue weighted by molar-refractivity contribution is 0.139. The highest BCUT2D eigenvalue weighted by Crippen LogP contribution is 2.17. The SMILES string of the molecule is CN=C(NCc1ccc(OC)cc1)NCC(C)N1CCCC(C)C1.I. The second kappa shape index (κ2) is 11.6. The Kier molecular flexibility index (Phi) is 10.2. The smallest absolute Gasteiger partial charge is 0.191 e. The highest BCUT2D eigenvalue weighted by Gasteiger charge is 2.20. The Morgan fingerprint density at radius 1 is 1.32 bits per heavy atom. The van der Waals surface area contributed by atoms with Crippen LogP contribution >= 0.6 is 24.0 Å². The molecule has 0 bridgehead atoms. The molecule has 2 unspecified atom stereocenters. The first-order chi connectivity index (χ1) is 11.6. The van der Waals surface area contributed by atoms with Crippen LogP contribution in [0.1, 0.15) is 32.3 Å². The molecule has 0 radical (unpaired) electrons. The first kappa shape index (κ1) is 22.0. The zero-order valence-electron chi connectivity index (χ0n) is 15.9. The van der Waals surface area contributed by atoms with Gasteiger partial charge in [-0.25, -0.2) is 0 Å². The lowest BCUT2D eigenvalue weighted by Gasteiger charge is -2.35. The maximum atomic E-state index is 5.18. The predicted octanol–water partition coefficient (Wildman–Crippen LogP) is 3.10. The fourth-order valence-corrected chi connectivity index (χ4v) is 3.15. The zero-order chi connectivity index (χ0) is 17.4. The number of hydrogen-bond donors (Lipinski definition) is 2. The third-order valence-electron chi connectivity index (χ3n) is 4.72. The summed E-state index contributed by atoms with van der Waals surface area (Å²) in [6.07, 6.45) is 2.68. The van der Waals surface area contributed by atoms with Gasteiger partial charge >= 0.3 is 0 Å². The van der Waals surface area contributed by atoms with E-state index in [1.807, 2.05) is 19.2 Å². The van der Waals surface area contributed by atoms with Crippen molar-refractivity contribution in [3.63, 3.8) is 0 Å². The molecule has 1 aliphatic rings. The van der Waals surface area contributed by atoms with E-state index < -0.39 is 0 Å². The van der Waals surface area contributed by atoms with Gasteiger partial charge in [-0.15, -0.1) is 24.0 Å². The predicted molar refractivity (Wildman–Crippen MR) is 116 cm³/mol. The van der Waals surface area contributed by atoms with Crippen LogP contribution in [0.5, 0.6) is 5.75 Å². The second-order valence-electron chi connectivity index (χ2n) is 6.75. The van der Waals surface area contributed by atoms with E-state index in [-0.39, 0.29) is 24.0 Å². The molecule has 5 nitrogen and oxygen atoms in total. The van der Waals surface area contributed by atoms with Crippen LogP contribution in [-0.2, 0) is 6.54 Å². The molecule has 6 heteroatoms. The van der Waals surface area contributed by atoms with Crippen LogP contribution < -0.4 is 15.4 Å². The van der Waals surface area contributed by atoms with Gasteiger partial charge in [0.1, 0.15) is 5.75 Å². The van der Waals surface area contributed by atoms with Crippen molar-refractivity contribution in [2.75, 3.05) is 33.8 Å². The Balaban J connectivity index is 0.00000312. The number of aliphatic imine (C=N–C) groups is 1. The van der Waals surface area contributed by atoms with Crippen LogP contribution in [0.3, 0.4) is 0 Å². The minimum Gasteiger partial charge on any atom is -0.497 e.